The number of aldehydes is 1. The number of hydrogen-bond donors (Lipinski definition) is 0. The van der Waals surface area contributed by atoms with E-state index in [1.165, 1.54) is 0 Å². The lowest BCUT2D eigenvalue weighted by molar-refractivity contribution is -0.107. The Bertz CT molecular complexity index is 318. The van der Waals surface area contributed by atoms with E-state index in [1.807, 2.05) is 42.5 Å². The molecule has 0 aliphatic rings. The van der Waals surface area contributed by atoms with Crippen molar-refractivity contribution in [1.29, 1.82) is 0 Å². The van der Waals surface area contributed by atoms with E-state index in [2.05, 4.69) is 5.73 Å². The van der Waals surface area contributed by atoms with Crippen LogP contribution in [-0.2, 0) is 4.79 Å². The Morgan fingerprint density at radius 1 is 1.14 bits per heavy atom. The van der Waals surface area contributed by atoms with Gasteiger partial charge in [-0.3, -0.25) is 0 Å². The van der Waals surface area contributed by atoms with Gasteiger partial charge >= 0.3 is 0 Å². The fourth-order valence-electron chi connectivity index (χ4n) is 1.09. The molecule has 0 saturated heterocycles. The van der Waals surface area contributed by atoms with Crippen molar-refractivity contribution in [2.24, 2.45) is 0 Å². The molecule has 72 valence electrons. The summed E-state index contributed by atoms with van der Waals surface area (Å²) in [6.07, 6.45) is 7.34. The fraction of sp³-hybridized carbons (Fsp3) is 0.231. The maximum atomic E-state index is 10.0. The molecule has 0 fully saturated rings. The quantitative estimate of drug-likeness (QED) is 0.392. The van der Waals surface area contributed by atoms with Crippen molar-refractivity contribution in [3.8, 4) is 0 Å². The number of allylic oxidation sites excluding steroid dienone is 1. The van der Waals surface area contributed by atoms with Crippen molar-refractivity contribution in [2.75, 3.05) is 0 Å². The first-order chi connectivity index (χ1) is 6.93. The molecule has 0 saturated carbocycles. The van der Waals surface area contributed by atoms with Crippen LogP contribution in [0.3, 0.4) is 0 Å². The summed E-state index contributed by atoms with van der Waals surface area (Å²) in [5, 5.41) is 0. The summed E-state index contributed by atoms with van der Waals surface area (Å²) in [6.45, 7) is 0. The molecule has 1 heteroatoms. The van der Waals surface area contributed by atoms with Gasteiger partial charge in [0, 0.05) is 6.42 Å². The topological polar surface area (TPSA) is 17.1 Å². The molecule has 0 aromatic heterocycles. The van der Waals surface area contributed by atoms with Gasteiger partial charge in [-0.15, -0.1) is 5.73 Å². The molecule has 0 aliphatic carbocycles. The minimum Gasteiger partial charge on any atom is -0.303 e. The molecule has 0 amide bonds. The van der Waals surface area contributed by atoms with E-state index in [0.717, 1.165) is 24.7 Å². The van der Waals surface area contributed by atoms with Crippen LogP contribution in [0, 0.1) is 0 Å². The van der Waals surface area contributed by atoms with Crippen molar-refractivity contribution >= 4 is 12.4 Å². The van der Waals surface area contributed by atoms with Crippen LogP contribution in [0.15, 0.2) is 42.1 Å². The largest absolute Gasteiger partial charge is 0.303 e. The minimum atomic E-state index is 0.642. The number of hydrogen-bond acceptors (Lipinski definition) is 1. The first-order valence-corrected chi connectivity index (χ1v) is 4.83. The van der Waals surface area contributed by atoms with Gasteiger partial charge in [0.2, 0.25) is 0 Å². The summed E-state index contributed by atoms with van der Waals surface area (Å²) in [4.78, 5) is 10.0. The van der Waals surface area contributed by atoms with E-state index in [-0.39, 0.29) is 0 Å². The van der Waals surface area contributed by atoms with E-state index < -0.39 is 0 Å². The van der Waals surface area contributed by atoms with Gasteiger partial charge in [0.25, 0.3) is 0 Å². The summed E-state index contributed by atoms with van der Waals surface area (Å²) in [7, 11) is 0. The number of carbonyl (C=O) groups excluding carboxylic acids is 1. The van der Waals surface area contributed by atoms with E-state index >= 15 is 0 Å². The second-order valence-electron chi connectivity index (χ2n) is 3.02. The van der Waals surface area contributed by atoms with E-state index in [4.69, 9.17) is 0 Å². The molecule has 1 rings (SSSR count). The molecule has 1 aromatic rings. The molecule has 0 heterocycles. The molecule has 0 atom stereocenters. The zero-order valence-electron chi connectivity index (χ0n) is 8.15. The third kappa shape index (κ3) is 4.44. The lowest BCUT2D eigenvalue weighted by Crippen LogP contribution is -1.72. The van der Waals surface area contributed by atoms with Crippen LogP contribution in [0.1, 0.15) is 24.8 Å². The molecule has 0 unspecified atom stereocenters. The van der Waals surface area contributed by atoms with Gasteiger partial charge in [-0.25, -0.2) is 0 Å². The maximum Gasteiger partial charge on any atom is 0.120 e. The average molecular weight is 186 g/mol. The molecule has 1 aromatic carbocycles. The van der Waals surface area contributed by atoms with Crippen LogP contribution in [0.5, 0.6) is 0 Å². The first kappa shape index (κ1) is 10.5. The zero-order valence-corrected chi connectivity index (χ0v) is 8.15. The number of benzene rings is 1. The Labute approximate surface area is 84.8 Å². The smallest absolute Gasteiger partial charge is 0.120 e. The van der Waals surface area contributed by atoms with Crippen LogP contribution >= 0.6 is 0 Å². The Balaban J connectivity index is 2.36. The zero-order chi connectivity index (χ0) is 10.1. The summed E-state index contributed by atoms with van der Waals surface area (Å²) in [6, 6.07) is 10.1. The highest BCUT2D eigenvalue weighted by atomic mass is 16.1. The van der Waals surface area contributed by atoms with Gasteiger partial charge in [0.05, 0.1) is 0 Å². The molecule has 0 bridgehead atoms. The van der Waals surface area contributed by atoms with E-state index in [0.29, 0.717) is 6.42 Å². The SMILES string of the molecule is O=CCCCC=C=Cc1ccccc1. The highest BCUT2D eigenvalue weighted by Gasteiger charge is 1.81. The van der Waals surface area contributed by atoms with Gasteiger partial charge in [-0.2, -0.15) is 0 Å². The molecule has 14 heavy (non-hydrogen) atoms. The summed E-state index contributed by atoms with van der Waals surface area (Å²) >= 11 is 0. The van der Waals surface area contributed by atoms with Gasteiger partial charge in [0.1, 0.15) is 6.29 Å². The fourth-order valence-corrected chi connectivity index (χ4v) is 1.09. The molecular weight excluding hydrogens is 172 g/mol. The Kier molecular flexibility index (Phi) is 5.15. The molecule has 0 aliphatic heterocycles. The van der Waals surface area contributed by atoms with Crippen molar-refractivity contribution in [3.05, 3.63) is 47.7 Å². The van der Waals surface area contributed by atoms with Crippen LogP contribution < -0.4 is 0 Å². The number of carbonyl (C=O) groups is 1. The molecule has 1 nitrogen and oxygen atoms in total. The normalized spacial score (nSPS) is 8.86. The van der Waals surface area contributed by atoms with Gasteiger partial charge in [-0.05, 0) is 30.6 Å². The van der Waals surface area contributed by atoms with Crippen LogP contribution in [0.4, 0.5) is 0 Å². The van der Waals surface area contributed by atoms with E-state index in [1.54, 1.807) is 0 Å². The van der Waals surface area contributed by atoms with Crippen molar-refractivity contribution < 1.29 is 4.79 Å². The Hall–Kier alpha value is -1.59. The van der Waals surface area contributed by atoms with E-state index in [9.17, 15) is 4.79 Å². The summed E-state index contributed by atoms with van der Waals surface area (Å²) in [5.41, 5.74) is 4.25. The van der Waals surface area contributed by atoms with Crippen LogP contribution in [0.25, 0.3) is 6.08 Å². The second-order valence-corrected chi connectivity index (χ2v) is 3.02. The summed E-state index contributed by atoms with van der Waals surface area (Å²) < 4.78 is 0. The molecule has 0 N–H and O–H groups in total. The Morgan fingerprint density at radius 3 is 2.64 bits per heavy atom. The van der Waals surface area contributed by atoms with Crippen LogP contribution in [-0.4, -0.2) is 6.29 Å². The van der Waals surface area contributed by atoms with Crippen molar-refractivity contribution in [2.45, 2.75) is 19.3 Å². The predicted octanol–water partition coefficient (Wildman–Crippen LogP) is 3.22. The third-order valence-corrected chi connectivity index (χ3v) is 1.84. The van der Waals surface area contributed by atoms with Gasteiger partial charge in [-0.1, -0.05) is 30.3 Å². The molecule has 0 radical (unpaired) electrons. The predicted molar refractivity (Wildman–Crippen MR) is 58.9 cm³/mol. The number of unbranched alkanes of at least 4 members (excludes halogenated alkanes) is 2. The highest BCUT2D eigenvalue weighted by Crippen LogP contribution is 2.00. The van der Waals surface area contributed by atoms with Gasteiger partial charge < -0.3 is 4.79 Å². The van der Waals surface area contributed by atoms with Crippen LogP contribution in [0.2, 0.25) is 0 Å². The van der Waals surface area contributed by atoms with Crippen molar-refractivity contribution in [3.63, 3.8) is 0 Å². The summed E-state index contributed by atoms with van der Waals surface area (Å²) in [5.74, 6) is 0. The lowest BCUT2D eigenvalue weighted by Gasteiger charge is -1.87. The minimum absolute atomic E-state index is 0.642. The monoisotopic (exact) mass is 186 g/mol. The first-order valence-electron chi connectivity index (χ1n) is 4.83. The highest BCUT2D eigenvalue weighted by molar-refractivity contribution is 5.49. The Morgan fingerprint density at radius 2 is 1.93 bits per heavy atom. The number of rotatable bonds is 5. The third-order valence-electron chi connectivity index (χ3n) is 1.84. The lowest BCUT2D eigenvalue weighted by atomic mass is 10.2. The maximum absolute atomic E-state index is 10.0. The second kappa shape index (κ2) is 6.88. The standard InChI is InChI=1S/C13H14O/c14-12-8-3-1-2-5-9-13-10-6-4-7-11-13/h2,4,6-7,9-12H,1,3,8H2. The van der Waals surface area contributed by atoms with Crippen molar-refractivity contribution in [1.82, 2.24) is 0 Å². The molecule has 0 spiro atoms. The molecular formula is C13H14O. The average Bonchev–Trinajstić information content (AvgIpc) is 2.25. The van der Waals surface area contributed by atoms with Gasteiger partial charge in [0.15, 0.2) is 0 Å².